The van der Waals surface area contributed by atoms with Gasteiger partial charge in [0.2, 0.25) is 5.91 Å². The summed E-state index contributed by atoms with van der Waals surface area (Å²) in [4.78, 5) is 20.6. The molecule has 1 aliphatic rings. The Morgan fingerprint density at radius 1 is 1.19 bits per heavy atom. The van der Waals surface area contributed by atoms with Crippen molar-refractivity contribution in [3.63, 3.8) is 0 Å². The number of anilines is 2. The van der Waals surface area contributed by atoms with Gasteiger partial charge >= 0.3 is 0 Å². The van der Waals surface area contributed by atoms with Crippen LogP contribution in [0.25, 0.3) is 11.1 Å². The van der Waals surface area contributed by atoms with E-state index in [4.69, 9.17) is 5.14 Å². The first-order valence-corrected chi connectivity index (χ1v) is 11.5. The lowest BCUT2D eigenvalue weighted by atomic mass is 9.97. The summed E-state index contributed by atoms with van der Waals surface area (Å²) >= 11 is 1.15. The van der Waals surface area contributed by atoms with E-state index in [-0.39, 0.29) is 17.4 Å². The second-order valence-electron chi connectivity index (χ2n) is 7.31. The molecule has 1 amide bonds. The van der Waals surface area contributed by atoms with E-state index in [0.717, 1.165) is 17.0 Å². The number of carbonyl (C=O) groups excluding carboxylic acids is 1. The molecule has 1 fully saturated rings. The van der Waals surface area contributed by atoms with Gasteiger partial charge in [0.15, 0.2) is 5.13 Å². The highest BCUT2D eigenvalue weighted by atomic mass is 32.2. The van der Waals surface area contributed by atoms with Gasteiger partial charge in [0.05, 0.1) is 17.2 Å². The van der Waals surface area contributed by atoms with Crippen LogP contribution in [0.5, 0.6) is 0 Å². The summed E-state index contributed by atoms with van der Waals surface area (Å²) in [5.41, 5.74) is 1.84. The standard InChI is InChI=1S/C21H20F2N4O2S2/c1-12-20(31(24)29)30-21(25-12)26(2)19(28)14-10-27(11-14)15-8-6-13(7-9-15)18-16(22)4-3-5-17(18)23/h3-9,14H,10-11,24H2,1-2H3. The summed E-state index contributed by atoms with van der Waals surface area (Å²) in [6.07, 6.45) is 0. The second-order valence-corrected chi connectivity index (χ2v) is 9.55. The fourth-order valence-corrected chi connectivity index (χ4v) is 5.18. The van der Waals surface area contributed by atoms with Crippen LogP contribution in [-0.2, 0) is 15.8 Å². The monoisotopic (exact) mass is 462 g/mol. The molecule has 1 saturated heterocycles. The Morgan fingerprint density at radius 3 is 2.35 bits per heavy atom. The molecule has 0 spiro atoms. The minimum Gasteiger partial charge on any atom is -0.370 e. The zero-order valence-electron chi connectivity index (χ0n) is 16.8. The zero-order valence-corrected chi connectivity index (χ0v) is 18.5. The maximum Gasteiger partial charge on any atom is 0.235 e. The molecule has 1 atom stereocenters. The smallest absolute Gasteiger partial charge is 0.235 e. The number of amides is 1. The normalized spacial score (nSPS) is 14.9. The largest absolute Gasteiger partial charge is 0.370 e. The van der Waals surface area contributed by atoms with Crippen molar-refractivity contribution in [2.75, 3.05) is 29.9 Å². The number of hydrogen-bond donors (Lipinski definition) is 1. The van der Waals surface area contributed by atoms with Crippen molar-refractivity contribution in [3.05, 3.63) is 59.8 Å². The van der Waals surface area contributed by atoms with E-state index in [1.165, 1.54) is 23.1 Å². The number of aromatic nitrogens is 1. The van der Waals surface area contributed by atoms with Gasteiger partial charge in [-0.2, -0.15) is 0 Å². The lowest BCUT2D eigenvalue weighted by molar-refractivity contribution is -0.122. The van der Waals surface area contributed by atoms with Gasteiger partial charge in [-0.3, -0.25) is 9.69 Å². The Bertz CT molecular complexity index is 1140. The predicted molar refractivity (Wildman–Crippen MR) is 118 cm³/mol. The quantitative estimate of drug-likeness (QED) is 0.630. The van der Waals surface area contributed by atoms with Crippen molar-refractivity contribution in [3.8, 4) is 11.1 Å². The van der Waals surface area contributed by atoms with Gasteiger partial charge in [0, 0.05) is 25.8 Å². The number of thiazole rings is 1. The molecule has 31 heavy (non-hydrogen) atoms. The number of halogens is 2. The highest BCUT2D eigenvalue weighted by molar-refractivity contribution is 7.85. The van der Waals surface area contributed by atoms with Crippen LogP contribution in [0, 0.1) is 24.5 Å². The van der Waals surface area contributed by atoms with Crippen LogP contribution in [0.15, 0.2) is 46.7 Å². The van der Waals surface area contributed by atoms with Gasteiger partial charge in [0.1, 0.15) is 26.8 Å². The molecule has 162 valence electrons. The van der Waals surface area contributed by atoms with Gasteiger partial charge in [-0.05, 0) is 36.8 Å². The van der Waals surface area contributed by atoms with Gasteiger partial charge < -0.3 is 4.90 Å². The number of carbonyl (C=O) groups is 1. The Kier molecular flexibility index (Phi) is 5.87. The van der Waals surface area contributed by atoms with Crippen LogP contribution < -0.4 is 14.9 Å². The number of benzene rings is 2. The topological polar surface area (TPSA) is 79.5 Å². The maximum absolute atomic E-state index is 14.0. The summed E-state index contributed by atoms with van der Waals surface area (Å²) < 4.78 is 39.9. The fraction of sp³-hybridized carbons (Fsp3) is 0.238. The average molecular weight is 463 g/mol. The SMILES string of the molecule is Cc1nc(N(C)C(=O)C2CN(c3ccc(-c4c(F)cccc4F)cc3)C2)sc1S(N)=O. The van der Waals surface area contributed by atoms with Crippen LogP contribution in [-0.4, -0.2) is 35.2 Å². The van der Waals surface area contributed by atoms with E-state index in [1.807, 2.05) is 4.90 Å². The van der Waals surface area contributed by atoms with Crippen LogP contribution >= 0.6 is 11.3 Å². The summed E-state index contributed by atoms with van der Waals surface area (Å²) in [6.45, 7) is 2.76. The zero-order chi connectivity index (χ0) is 22.3. The molecule has 0 saturated carbocycles. The minimum absolute atomic E-state index is 0.0520. The van der Waals surface area contributed by atoms with E-state index in [9.17, 15) is 17.8 Å². The van der Waals surface area contributed by atoms with E-state index in [0.29, 0.717) is 33.7 Å². The molecule has 1 aromatic heterocycles. The van der Waals surface area contributed by atoms with E-state index in [1.54, 1.807) is 38.2 Å². The number of nitrogens with zero attached hydrogens (tertiary/aromatic N) is 3. The van der Waals surface area contributed by atoms with Crippen molar-refractivity contribution < 1.29 is 17.8 Å². The molecular weight excluding hydrogens is 442 g/mol. The molecular formula is C21H20F2N4O2S2. The van der Waals surface area contributed by atoms with Crippen molar-refractivity contribution in [1.82, 2.24) is 4.98 Å². The molecule has 10 heteroatoms. The van der Waals surface area contributed by atoms with Crippen LogP contribution in [0.2, 0.25) is 0 Å². The summed E-state index contributed by atoms with van der Waals surface area (Å²) in [5, 5.41) is 5.90. The van der Waals surface area contributed by atoms with Gasteiger partial charge in [-0.1, -0.05) is 29.5 Å². The number of rotatable bonds is 5. The van der Waals surface area contributed by atoms with Crippen LogP contribution in [0.1, 0.15) is 5.69 Å². The van der Waals surface area contributed by atoms with Gasteiger partial charge in [-0.15, -0.1) is 0 Å². The highest BCUT2D eigenvalue weighted by Gasteiger charge is 2.36. The lowest BCUT2D eigenvalue weighted by Crippen LogP contribution is -2.54. The van der Waals surface area contributed by atoms with E-state index >= 15 is 0 Å². The molecule has 2 N–H and O–H groups in total. The molecule has 0 aliphatic carbocycles. The summed E-state index contributed by atoms with van der Waals surface area (Å²) in [5.74, 6) is -1.50. The van der Waals surface area contributed by atoms with Crippen LogP contribution in [0.4, 0.5) is 19.6 Å². The molecule has 1 unspecified atom stereocenters. The third-order valence-electron chi connectivity index (χ3n) is 5.26. The molecule has 2 aromatic carbocycles. The Morgan fingerprint density at radius 2 is 1.81 bits per heavy atom. The first kappa shape index (κ1) is 21.5. The van der Waals surface area contributed by atoms with Crippen molar-refractivity contribution in [2.45, 2.75) is 11.1 Å². The second kappa shape index (κ2) is 8.45. The predicted octanol–water partition coefficient (Wildman–Crippen LogP) is 3.48. The first-order valence-electron chi connectivity index (χ1n) is 9.47. The van der Waals surface area contributed by atoms with Gasteiger partial charge in [-0.25, -0.2) is 23.1 Å². The van der Waals surface area contributed by atoms with E-state index < -0.39 is 22.6 Å². The van der Waals surface area contributed by atoms with E-state index in [2.05, 4.69) is 4.98 Å². The number of aryl methyl sites for hydroxylation is 1. The Balaban J connectivity index is 1.41. The molecule has 1 aliphatic heterocycles. The number of hydrogen-bond acceptors (Lipinski definition) is 5. The highest BCUT2D eigenvalue weighted by Crippen LogP contribution is 2.32. The van der Waals surface area contributed by atoms with Crippen molar-refractivity contribution in [1.29, 1.82) is 0 Å². The third kappa shape index (κ3) is 4.10. The third-order valence-corrected chi connectivity index (χ3v) is 7.69. The minimum atomic E-state index is -1.63. The molecule has 0 radical (unpaired) electrons. The first-order chi connectivity index (χ1) is 14.8. The summed E-state index contributed by atoms with van der Waals surface area (Å²) in [7, 11) is 0.00833. The fourth-order valence-electron chi connectivity index (χ4n) is 3.53. The lowest BCUT2D eigenvalue weighted by Gasteiger charge is -2.41. The van der Waals surface area contributed by atoms with Gasteiger partial charge in [0.25, 0.3) is 0 Å². The average Bonchev–Trinajstić information content (AvgIpc) is 3.09. The molecule has 0 bridgehead atoms. The molecule has 4 rings (SSSR count). The molecule has 2 heterocycles. The Hall–Kier alpha value is -2.69. The Labute approximate surface area is 184 Å². The van der Waals surface area contributed by atoms with Crippen molar-refractivity contribution >= 4 is 39.0 Å². The molecule has 6 nitrogen and oxygen atoms in total. The van der Waals surface area contributed by atoms with Crippen molar-refractivity contribution in [2.24, 2.45) is 11.1 Å². The number of nitrogens with two attached hydrogens (primary N) is 1. The molecule has 3 aromatic rings. The summed E-state index contributed by atoms with van der Waals surface area (Å²) in [6, 6.07) is 10.7. The maximum atomic E-state index is 14.0. The van der Waals surface area contributed by atoms with Crippen LogP contribution in [0.3, 0.4) is 0 Å².